The third kappa shape index (κ3) is 3.17. The number of benzene rings is 1. The third-order valence-corrected chi connectivity index (χ3v) is 5.47. The van der Waals surface area contributed by atoms with E-state index in [1.54, 1.807) is 7.10 Å². The molecule has 0 bridgehead atoms. The molecule has 0 atom stereocenters. The Labute approximate surface area is 119 Å². The summed E-state index contributed by atoms with van der Waals surface area (Å²) in [5.41, 5.74) is 0.961. The van der Waals surface area contributed by atoms with Crippen LogP contribution in [0.25, 0.3) is 0 Å². The maximum absolute atomic E-state index is 3.46. The van der Waals surface area contributed by atoms with Crippen LogP contribution in [-0.2, 0) is 0 Å². The molecule has 7 heteroatoms. The Balaban J connectivity index is 3.07. The molecule has 0 radical (unpaired) electrons. The highest BCUT2D eigenvalue weighted by atomic mass is 79.9. The minimum Gasteiger partial charge on any atom is -0.217 e. The molecule has 0 heterocycles. The second-order valence-corrected chi connectivity index (χ2v) is 6.66. The van der Waals surface area contributed by atoms with Gasteiger partial charge in [0.15, 0.2) is 0 Å². The van der Waals surface area contributed by atoms with Gasteiger partial charge in [-0.2, -0.15) is 0 Å². The van der Waals surface area contributed by atoms with Crippen molar-refractivity contribution in [1.29, 1.82) is 0 Å². The van der Waals surface area contributed by atoms with E-state index in [0.29, 0.717) is 0 Å². The molecule has 0 fully saturated rings. The minimum atomic E-state index is 0.961. The molecule has 1 aromatic rings. The summed E-state index contributed by atoms with van der Waals surface area (Å²) in [6.07, 6.45) is 0. The first-order chi connectivity index (χ1) is 6.04. The van der Waals surface area contributed by atoms with Gasteiger partial charge in [-0.05, 0) is 44.0 Å². The van der Waals surface area contributed by atoms with Gasteiger partial charge in [0.05, 0.1) is 26.3 Å². The smallest absolute Gasteiger partial charge is 0.0823 e. The number of halogens is 5. The molecule has 0 spiro atoms. The SMILES string of the molecule is Brc1cccc(N(Br)N(Br)Br)c1Br. The van der Waals surface area contributed by atoms with E-state index in [-0.39, 0.29) is 0 Å². The molecule has 0 aliphatic carbocycles. The third-order valence-electron chi connectivity index (χ3n) is 1.26. The van der Waals surface area contributed by atoms with Crippen LogP contribution in [-0.4, -0.2) is 3.06 Å². The average molecular weight is 503 g/mol. The monoisotopic (exact) mass is 498 g/mol. The van der Waals surface area contributed by atoms with Crippen molar-refractivity contribution in [2.45, 2.75) is 0 Å². The van der Waals surface area contributed by atoms with Gasteiger partial charge < -0.3 is 0 Å². The van der Waals surface area contributed by atoms with Crippen LogP contribution in [0.4, 0.5) is 5.69 Å². The highest BCUT2D eigenvalue weighted by Crippen LogP contribution is 2.36. The summed E-state index contributed by atoms with van der Waals surface area (Å²) < 4.78 is 5.24. The predicted molar refractivity (Wildman–Crippen MR) is 72.9 cm³/mol. The molecular formula is C6H3Br5N2. The second-order valence-electron chi connectivity index (χ2n) is 2.05. The van der Waals surface area contributed by atoms with Crippen LogP contribution in [0, 0.1) is 0 Å². The van der Waals surface area contributed by atoms with Crippen molar-refractivity contribution in [2.24, 2.45) is 0 Å². The number of hydrogen-bond donors (Lipinski definition) is 0. The Morgan fingerprint density at radius 3 is 2.15 bits per heavy atom. The maximum Gasteiger partial charge on any atom is 0.0823 e. The fourth-order valence-electron chi connectivity index (χ4n) is 0.716. The van der Waals surface area contributed by atoms with Gasteiger partial charge in [-0.3, -0.25) is 0 Å². The predicted octanol–water partition coefficient (Wildman–Crippen LogP) is 5.16. The van der Waals surface area contributed by atoms with E-state index in [9.17, 15) is 0 Å². The summed E-state index contributed by atoms with van der Waals surface area (Å²) in [6, 6.07) is 5.86. The molecule has 0 aromatic heterocycles. The van der Waals surface area contributed by atoms with Crippen molar-refractivity contribution in [2.75, 3.05) is 4.03 Å². The number of hydrazine groups is 1. The lowest BCUT2D eigenvalue weighted by Crippen LogP contribution is -2.16. The molecule has 0 saturated carbocycles. The van der Waals surface area contributed by atoms with Crippen LogP contribution in [0.1, 0.15) is 0 Å². The van der Waals surface area contributed by atoms with E-state index in [1.807, 2.05) is 18.2 Å². The highest BCUT2D eigenvalue weighted by Gasteiger charge is 2.12. The zero-order valence-electron chi connectivity index (χ0n) is 6.02. The zero-order chi connectivity index (χ0) is 10.0. The van der Waals surface area contributed by atoms with E-state index < -0.39 is 0 Å². The molecule has 0 amide bonds. The van der Waals surface area contributed by atoms with Gasteiger partial charge in [0.2, 0.25) is 0 Å². The zero-order valence-corrected chi connectivity index (χ0v) is 13.9. The largest absolute Gasteiger partial charge is 0.217 e. The quantitative estimate of drug-likeness (QED) is 0.407. The summed E-state index contributed by atoms with van der Waals surface area (Å²) >= 11 is 16.7. The van der Waals surface area contributed by atoms with Crippen LogP contribution in [0.15, 0.2) is 27.1 Å². The Hall–Kier alpha value is 1.38. The van der Waals surface area contributed by atoms with Gasteiger partial charge >= 0.3 is 0 Å². The Morgan fingerprint density at radius 1 is 1.00 bits per heavy atom. The van der Waals surface area contributed by atoms with Crippen LogP contribution in [0.5, 0.6) is 0 Å². The van der Waals surface area contributed by atoms with Crippen molar-refractivity contribution in [3.05, 3.63) is 27.1 Å². The highest BCUT2D eigenvalue weighted by molar-refractivity contribution is 9.21. The number of rotatable bonds is 2. The average Bonchev–Trinajstić information content (AvgIpc) is 2.08. The molecule has 0 saturated heterocycles. The van der Waals surface area contributed by atoms with Gasteiger partial charge in [-0.25, -0.2) is 4.03 Å². The lowest BCUT2D eigenvalue weighted by Gasteiger charge is -2.20. The molecule has 1 rings (SSSR count). The first kappa shape index (κ1) is 12.4. The van der Waals surface area contributed by atoms with E-state index in [0.717, 1.165) is 14.6 Å². The molecule has 0 unspecified atom stereocenters. The van der Waals surface area contributed by atoms with Crippen LogP contribution >= 0.6 is 80.3 Å². The van der Waals surface area contributed by atoms with E-state index in [2.05, 4.69) is 80.3 Å². The Morgan fingerprint density at radius 2 is 1.62 bits per heavy atom. The normalized spacial score (nSPS) is 10.6. The summed E-state index contributed by atoms with van der Waals surface area (Å²) in [6.45, 7) is 0. The molecule has 2 nitrogen and oxygen atoms in total. The van der Waals surface area contributed by atoms with Gasteiger partial charge in [0, 0.05) is 36.8 Å². The van der Waals surface area contributed by atoms with Gasteiger partial charge in [-0.15, -0.1) is 0 Å². The van der Waals surface area contributed by atoms with E-state index in [4.69, 9.17) is 0 Å². The van der Waals surface area contributed by atoms with Crippen molar-refractivity contribution in [3.63, 3.8) is 0 Å². The molecule has 0 aliphatic rings. The number of nitrogens with zero attached hydrogens (tertiary/aromatic N) is 2. The molecular weight excluding hydrogens is 500 g/mol. The lowest BCUT2D eigenvalue weighted by atomic mass is 10.3. The number of hydrogen-bond acceptors (Lipinski definition) is 2. The van der Waals surface area contributed by atoms with Crippen molar-refractivity contribution >= 4 is 86.0 Å². The molecule has 1 aromatic carbocycles. The van der Waals surface area contributed by atoms with Gasteiger partial charge in [-0.1, -0.05) is 9.13 Å². The van der Waals surface area contributed by atoms with Gasteiger partial charge in [0.25, 0.3) is 0 Å². The summed E-state index contributed by atoms with van der Waals surface area (Å²) in [7, 11) is 0. The summed E-state index contributed by atoms with van der Waals surface area (Å²) in [4.78, 5) is 0. The van der Waals surface area contributed by atoms with Gasteiger partial charge in [0.1, 0.15) is 0 Å². The number of anilines is 1. The molecule has 13 heavy (non-hydrogen) atoms. The topological polar surface area (TPSA) is 6.48 Å². The standard InChI is InChI=1S/C6H3Br5N2/c7-4-2-1-3-5(6(4)8)12(9)13(10)11/h1-3H. The lowest BCUT2D eigenvalue weighted by molar-refractivity contribution is 0.883. The van der Waals surface area contributed by atoms with Crippen LogP contribution in [0.2, 0.25) is 0 Å². The molecule has 0 N–H and O–H groups in total. The minimum absolute atomic E-state index is 0.961. The first-order valence-electron chi connectivity index (χ1n) is 3.05. The Kier molecular flexibility index (Phi) is 5.23. The van der Waals surface area contributed by atoms with E-state index in [1.165, 1.54) is 0 Å². The summed E-state index contributed by atoms with van der Waals surface area (Å²) in [5.74, 6) is 0. The molecule has 72 valence electrons. The Bertz CT molecular complexity index is 303. The van der Waals surface area contributed by atoms with Crippen LogP contribution < -0.4 is 4.03 Å². The first-order valence-corrected chi connectivity index (χ1v) is 6.77. The molecule has 0 aliphatic heterocycles. The van der Waals surface area contributed by atoms with Crippen molar-refractivity contribution < 1.29 is 0 Å². The fraction of sp³-hybridized carbons (Fsp3) is 0. The summed E-state index contributed by atoms with van der Waals surface area (Å²) in [5, 5.41) is 0. The van der Waals surface area contributed by atoms with E-state index >= 15 is 0 Å². The second kappa shape index (κ2) is 5.46. The maximum atomic E-state index is 3.46. The van der Waals surface area contributed by atoms with Crippen molar-refractivity contribution in [3.8, 4) is 0 Å². The fourth-order valence-corrected chi connectivity index (χ4v) is 2.38. The van der Waals surface area contributed by atoms with Crippen molar-refractivity contribution in [1.82, 2.24) is 3.06 Å². The van der Waals surface area contributed by atoms with Crippen LogP contribution in [0.3, 0.4) is 0 Å².